The Bertz CT molecular complexity index is 913. The third-order valence-corrected chi connectivity index (χ3v) is 3.59. The fraction of sp³-hybridized carbons (Fsp3) is 0.278. The molecule has 0 atom stereocenters. The smallest absolute Gasteiger partial charge is 0.271 e. The number of aromatic nitrogens is 4. The van der Waals surface area contributed by atoms with Crippen LogP contribution in [-0.4, -0.2) is 45.5 Å². The molecule has 0 unspecified atom stereocenters. The van der Waals surface area contributed by atoms with Crippen LogP contribution >= 0.6 is 0 Å². The van der Waals surface area contributed by atoms with E-state index >= 15 is 0 Å². The summed E-state index contributed by atoms with van der Waals surface area (Å²) < 4.78 is 0. The van der Waals surface area contributed by atoms with Gasteiger partial charge in [0.15, 0.2) is 0 Å². The second kappa shape index (κ2) is 8.19. The fourth-order valence-corrected chi connectivity index (χ4v) is 2.43. The standard InChI is InChI=1S/C18H21N7O/c1-3-19-16-10-12(2)23-18(25-16)21-9-8-20-17(26)15-11-22-13-6-4-5-7-14(13)24-15/h4-7,10-11H,3,8-9H2,1-2H3,(H,20,26)(H2,19,21,23,25). The predicted molar refractivity (Wildman–Crippen MR) is 101 cm³/mol. The van der Waals surface area contributed by atoms with Crippen molar-refractivity contribution in [2.45, 2.75) is 13.8 Å². The Labute approximate surface area is 151 Å². The van der Waals surface area contributed by atoms with Gasteiger partial charge in [-0.05, 0) is 26.0 Å². The van der Waals surface area contributed by atoms with E-state index in [1.165, 1.54) is 6.20 Å². The summed E-state index contributed by atoms with van der Waals surface area (Å²) in [7, 11) is 0. The van der Waals surface area contributed by atoms with Crippen LogP contribution in [0.1, 0.15) is 23.1 Å². The number of aryl methyl sites for hydroxylation is 1. The molecule has 0 saturated heterocycles. The molecule has 8 nitrogen and oxygen atoms in total. The Morgan fingerprint density at radius 2 is 1.85 bits per heavy atom. The Balaban J connectivity index is 1.53. The molecule has 134 valence electrons. The highest BCUT2D eigenvalue weighted by atomic mass is 16.1. The Morgan fingerprint density at radius 1 is 1.04 bits per heavy atom. The van der Waals surface area contributed by atoms with Gasteiger partial charge < -0.3 is 16.0 Å². The summed E-state index contributed by atoms with van der Waals surface area (Å²) in [6.07, 6.45) is 1.48. The third kappa shape index (κ3) is 4.41. The first-order valence-corrected chi connectivity index (χ1v) is 8.49. The number of carbonyl (C=O) groups is 1. The normalized spacial score (nSPS) is 10.5. The van der Waals surface area contributed by atoms with Gasteiger partial charge in [0.1, 0.15) is 11.5 Å². The van der Waals surface area contributed by atoms with Crippen LogP contribution in [0.4, 0.5) is 11.8 Å². The van der Waals surface area contributed by atoms with Gasteiger partial charge >= 0.3 is 0 Å². The van der Waals surface area contributed by atoms with Crippen molar-refractivity contribution in [2.24, 2.45) is 0 Å². The second-order valence-electron chi connectivity index (χ2n) is 5.68. The van der Waals surface area contributed by atoms with E-state index in [2.05, 4.69) is 35.9 Å². The second-order valence-corrected chi connectivity index (χ2v) is 5.68. The average Bonchev–Trinajstić information content (AvgIpc) is 2.64. The minimum absolute atomic E-state index is 0.261. The number of anilines is 2. The molecular weight excluding hydrogens is 330 g/mol. The number of nitrogens with zero attached hydrogens (tertiary/aromatic N) is 4. The number of hydrogen-bond donors (Lipinski definition) is 3. The molecule has 0 radical (unpaired) electrons. The SMILES string of the molecule is CCNc1cc(C)nc(NCCNC(=O)c2cnc3ccccc3n2)n1. The van der Waals surface area contributed by atoms with Crippen LogP contribution in [0.2, 0.25) is 0 Å². The van der Waals surface area contributed by atoms with E-state index < -0.39 is 0 Å². The maximum Gasteiger partial charge on any atom is 0.271 e. The number of rotatable bonds is 7. The summed E-state index contributed by atoms with van der Waals surface area (Å²) in [5.41, 5.74) is 2.63. The molecule has 0 bridgehead atoms. The molecule has 0 aliphatic rings. The van der Waals surface area contributed by atoms with Crippen molar-refractivity contribution in [1.29, 1.82) is 0 Å². The van der Waals surface area contributed by atoms with E-state index in [9.17, 15) is 4.79 Å². The van der Waals surface area contributed by atoms with Crippen molar-refractivity contribution in [2.75, 3.05) is 30.3 Å². The number of amides is 1. The van der Waals surface area contributed by atoms with Gasteiger partial charge in [0.2, 0.25) is 5.95 Å². The summed E-state index contributed by atoms with van der Waals surface area (Å²) in [5, 5.41) is 9.08. The summed E-state index contributed by atoms with van der Waals surface area (Å²) in [4.78, 5) is 29.5. The van der Waals surface area contributed by atoms with Gasteiger partial charge in [0, 0.05) is 31.4 Å². The molecule has 3 N–H and O–H groups in total. The maximum atomic E-state index is 12.2. The summed E-state index contributed by atoms with van der Waals surface area (Å²) in [6, 6.07) is 9.33. The van der Waals surface area contributed by atoms with Crippen LogP contribution in [0.5, 0.6) is 0 Å². The predicted octanol–water partition coefficient (Wildman–Crippen LogP) is 2.00. The number of nitrogens with one attached hydrogen (secondary N) is 3. The van der Waals surface area contributed by atoms with Crippen LogP contribution < -0.4 is 16.0 Å². The van der Waals surface area contributed by atoms with Crippen LogP contribution in [0.3, 0.4) is 0 Å². The topological polar surface area (TPSA) is 105 Å². The fourth-order valence-electron chi connectivity index (χ4n) is 2.43. The van der Waals surface area contributed by atoms with Crippen LogP contribution in [0.25, 0.3) is 11.0 Å². The van der Waals surface area contributed by atoms with Gasteiger partial charge in [0.05, 0.1) is 17.2 Å². The number of carbonyl (C=O) groups excluding carboxylic acids is 1. The average molecular weight is 351 g/mol. The molecule has 26 heavy (non-hydrogen) atoms. The molecule has 0 fully saturated rings. The lowest BCUT2D eigenvalue weighted by Crippen LogP contribution is -2.29. The Morgan fingerprint density at radius 3 is 2.65 bits per heavy atom. The highest BCUT2D eigenvalue weighted by Gasteiger charge is 2.08. The molecule has 0 spiro atoms. The minimum atomic E-state index is -0.261. The van der Waals surface area contributed by atoms with E-state index in [0.29, 0.717) is 30.2 Å². The minimum Gasteiger partial charge on any atom is -0.370 e. The quantitative estimate of drug-likeness (QED) is 0.559. The van der Waals surface area contributed by atoms with E-state index in [-0.39, 0.29) is 5.91 Å². The van der Waals surface area contributed by atoms with E-state index in [1.807, 2.05) is 44.2 Å². The molecule has 2 heterocycles. The molecule has 0 aliphatic heterocycles. The van der Waals surface area contributed by atoms with Crippen LogP contribution in [0.15, 0.2) is 36.5 Å². The van der Waals surface area contributed by atoms with Crippen molar-refractivity contribution in [3.63, 3.8) is 0 Å². The number of benzene rings is 1. The van der Waals surface area contributed by atoms with Gasteiger partial charge in [-0.15, -0.1) is 0 Å². The molecule has 3 rings (SSSR count). The van der Waals surface area contributed by atoms with Gasteiger partial charge in [-0.25, -0.2) is 9.97 Å². The van der Waals surface area contributed by atoms with Crippen molar-refractivity contribution >= 4 is 28.7 Å². The summed E-state index contributed by atoms with van der Waals surface area (Å²) in [5.74, 6) is 1.04. The Hall–Kier alpha value is -3.29. The monoisotopic (exact) mass is 351 g/mol. The molecule has 2 aromatic heterocycles. The molecule has 0 saturated carbocycles. The summed E-state index contributed by atoms with van der Waals surface area (Å²) >= 11 is 0. The zero-order valence-corrected chi connectivity index (χ0v) is 14.8. The van der Waals surface area contributed by atoms with Crippen molar-refractivity contribution < 1.29 is 4.79 Å². The largest absolute Gasteiger partial charge is 0.370 e. The molecule has 1 aromatic carbocycles. The number of para-hydroxylation sites is 2. The van der Waals surface area contributed by atoms with Crippen molar-refractivity contribution in [3.05, 3.63) is 47.9 Å². The lowest BCUT2D eigenvalue weighted by molar-refractivity contribution is 0.0950. The zero-order chi connectivity index (χ0) is 18.4. The van der Waals surface area contributed by atoms with Gasteiger partial charge in [0.25, 0.3) is 5.91 Å². The van der Waals surface area contributed by atoms with Crippen molar-refractivity contribution in [3.8, 4) is 0 Å². The van der Waals surface area contributed by atoms with E-state index in [0.717, 1.165) is 23.6 Å². The van der Waals surface area contributed by atoms with Gasteiger partial charge in [-0.2, -0.15) is 4.98 Å². The lowest BCUT2D eigenvalue weighted by atomic mass is 10.3. The van der Waals surface area contributed by atoms with Gasteiger partial charge in [-0.3, -0.25) is 9.78 Å². The van der Waals surface area contributed by atoms with E-state index in [4.69, 9.17) is 0 Å². The first-order valence-electron chi connectivity index (χ1n) is 8.49. The number of fused-ring (bicyclic) bond motifs is 1. The van der Waals surface area contributed by atoms with Crippen molar-refractivity contribution in [1.82, 2.24) is 25.3 Å². The van der Waals surface area contributed by atoms with Crippen LogP contribution in [0, 0.1) is 6.92 Å². The zero-order valence-electron chi connectivity index (χ0n) is 14.8. The van der Waals surface area contributed by atoms with E-state index in [1.54, 1.807) is 0 Å². The molecular formula is C18H21N7O. The number of hydrogen-bond acceptors (Lipinski definition) is 7. The van der Waals surface area contributed by atoms with Crippen LogP contribution in [-0.2, 0) is 0 Å². The molecule has 8 heteroatoms. The molecule has 1 amide bonds. The lowest BCUT2D eigenvalue weighted by Gasteiger charge is -2.09. The van der Waals surface area contributed by atoms with Gasteiger partial charge in [-0.1, -0.05) is 12.1 Å². The third-order valence-electron chi connectivity index (χ3n) is 3.59. The molecule has 0 aliphatic carbocycles. The molecule has 3 aromatic rings. The summed E-state index contributed by atoms with van der Waals surface area (Å²) in [6.45, 7) is 5.63. The highest BCUT2D eigenvalue weighted by Crippen LogP contribution is 2.09. The Kier molecular flexibility index (Phi) is 5.52. The first kappa shape index (κ1) is 17.5. The maximum absolute atomic E-state index is 12.2. The highest BCUT2D eigenvalue weighted by molar-refractivity contribution is 5.93. The first-order chi connectivity index (χ1) is 12.7.